The molecule has 0 heterocycles. The summed E-state index contributed by atoms with van der Waals surface area (Å²) in [5.41, 5.74) is 2.20. The molecule has 3 rings (SSSR count). The van der Waals surface area contributed by atoms with E-state index < -0.39 is 10.0 Å². The van der Waals surface area contributed by atoms with Crippen LogP contribution >= 0.6 is 0 Å². The number of hydrogen-bond donors (Lipinski definition) is 0. The van der Waals surface area contributed by atoms with Crippen LogP contribution in [0.25, 0.3) is 6.08 Å². The number of aryl methyl sites for hydroxylation is 1. The predicted molar refractivity (Wildman–Crippen MR) is 96.2 cm³/mol. The Morgan fingerprint density at radius 1 is 1.00 bits per heavy atom. The normalized spacial score (nSPS) is 14.2. The molecular weight excluding hydrogens is 322 g/mol. The van der Waals surface area contributed by atoms with Crippen molar-refractivity contribution in [3.05, 3.63) is 70.6 Å². The van der Waals surface area contributed by atoms with Crippen LogP contribution in [0, 0.1) is 0 Å². The van der Waals surface area contributed by atoms with Crippen molar-refractivity contribution in [1.82, 2.24) is 4.31 Å². The maximum atomic E-state index is 12.7. The highest BCUT2D eigenvalue weighted by Gasteiger charge is 2.25. The lowest BCUT2D eigenvalue weighted by molar-refractivity contribution is 0.287. The van der Waals surface area contributed by atoms with Gasteiger partial charge in [-0.05, 0) is 42.2 Å². The molecule has 0 fully saturated rings. The molecule has 24 heavy (non-hydrogen) atoms. The number of benzene rings is 2. The van der Waals surface area contributed by atoms with Gasteiger partial charge in [-0.25, -0.2) is 8.42 Å². The number of rotatable bonds is 6. The van der Waals surface area contributed by atoms with Gasteiger partial charge in [0, 0.05) is 13.6 Å². The maximum absolute atomic E-state index is 12.7. The van der Waals surface area contributed by atoms with Gasteiger partial charge in [0.25, 0.3) is 0 Å². The molecule has 2 aromatic rings. The van der Waals surface area contributed by atoms with Crippen molar-refractivity contribution < 1.29 is 13.2 Å². The van der Waals surface area contributed by atoms with Crippen molar-refractivity contribution in [1.29, 1.82) is 0 Å². The van der Waals surface area contributed by atoms with Crippen LogP contribution in [-0.4, -0.2) is 32.9 Å². The van der Waals surface area contributed by atoms with Gasteiger partial charge in [0.05, 0.1) is 4.91 Å². The molecular formula is C19H21NO3S. The zero-order valence-electron chi connectivity index (χ0n) is 13.7. The lowest BCUT2D eigenvalue weighted by Gasteiger charge is -2.22. The van der Waals surface area contributed by atoms with Crippen LogP contribution in [-0.2, 0) is 16.4 Å². The Morgan fingerprint density at radius 3 is 2.50 bits per heavy atom. The van der Waals surface area contributed by atoms with Crippen molar-refractivity contribution in [2.24, 2.45) is 0 Å². The van der Waals surface area contributed by atoms with Gasteiger partial charge in [-0.3, -0.25) is 0 Å². The van der Waals surface area contributed by atoms with Crippen molar-refractivity contribution in [3.8, 4) is 5.75 Å². The standard InChI is InChI=1S/C19H21NO3S/c1-20(13-14-23-18-9-3-2-4-10-18)24(21,22)19-12-11-16-7-5-6-8-17(16)15-19/h2-10,15H,11-14H2,1H3. The highest BCUT2D eigenvalue weighted by atomic mass is 32.2. The third-order valence-electron chi connectivity index (χ3n) is 4.17. The third-order valence-corrected chi connectivity index (χ3v) is 6.16. The van der Waals surface area contributed by atoms with E-state index in [1.165, 1.54) is 9.87 Å². The summed E-state index contributed by atoms with van der Waals surface area (Å²) in [6.07, 6.45) is 3.10. The summed E-state index contributed by atoms with van der Waals surface area (Å²) in [5, 5.41) is 0. The van der Waals surface area contributed by atoms with Gasteiger partial charge in [-0.15, -0.1) is 0 Å². The number of hydrogen-bond acceptors (Lipinski definition) is 3. The fourth-order valence-corrected chi connectivity index (χ4v) is 4.09. The molecule has 0 amide bonds. The highest BCUT2D eigenvalue weighted by Crippen LogP contribution is 2.28. The zero-order valence-corrected chi connectivity index (χ0v) is 14.5. The Kier molecular flexibility index (Phi) is 5.02. The number of ether oxygens (including phenoxy) is 1. The fraction of sp³-hybridized carbons (Fsp3) is 0.263. The zero-order chi connectivity index (χ0) is 17.0. The van der Waals surface area contributed by atoms with Gasteiger partial charge in [-0.1, -0.05) is 42.5 Å². The number of likely N-dealkylation sites (N-methyl/N-ethyl adjacent to an activating group) is 1. The third kappa shape index (κ3) is 3.68. The summed E-state index contributed by atoms with van der Waals surface area (Å²) in [6, 6.07) is 17.3. The molecule has 1 aliphatic rings. The van der Waals surface area contributed by atoms with Crippen LogP contribution in [0.15, 0.2) is 59.5 Å². The van der Waals surface area contributed by atoms with E-state index in [-0.39, 0.29) is 0 Å². The van der Waals surface area contributed by atoms with Crippen LogP contribution in [0.2, 0.25) is 0 Å². The maximum Gasteiger partial charge on any atom is 0.239 e. The average Bonchev–Trinajstić information content (AvgIpc) is 2.62. The Balaban J connectivity index is 1.66. The van der Waals surface area contributed by atoms with Crippen LogP contribution in [0.5, 0.6) is 5.75 Å². The van der Waals surface area contributed by atoms with Crippen molar-refractivity contribution in [2.75, 3.05) is 20.2 Å². The Hall–Kier alpha value is -2.11. The van der Waals surface area contributed by atoms with Crippen molar-refractivity contribution in [2.45, 2.75) is 12.8 Å². The first kappa shape index (κ1) is 16.7. The van der Waals surface area contributed by atoms with Crippen molar-refractivity contribution >= 4 is 16.1 Å². The average molecular weight is 343 g/mol. The SMILES string of the molecule is CN(CCOc1ccccc1)S(=O)(=O)C1=Cc2ccccc2CC1. The van der Waals surface area contributed by atoms with Gasteiger partial charge in [0.15, 0.2) is 0 Å². The summed E-state index contributed by atoms with van der Waals surface area (Å²) in [7, 11) is -1.84. The van der Waals surface area contributed by atoms with Gasteiger partial charge < -0.3 is 4.74 Å². The van der Waals surface area contributed by atoms with E-state index in [1.807, 2.05) is 54.6 Å². The number of para-hydroxylation sites is 1. The van der Waals surface area contributed by atoms with E-state index in [0.29, 0.717) is 24.5 Å². The molecule has 0 saturated carbocycles. The van der Waals surface area contributed by atoms with Crippen LogP contribution in [0.1, 0.15) is 17.5 Å². The Morgan fingerprint density at radius 2 is 1.71 bits per heavy atom. The van der Waals surface area contributed by atoms with E-state index in [4.69, 9.17) is 4.74 Å². The van der Waals surface area contributed by atoms with Crippen LogP contribution < -0.4 is 4.74 Å². The lowest BCUT2D eigenvalue weighted by atomic mass is 9.98. The monoisotopic (exact) mass is 343 g/mol. The lowest BCUT2D eigenvalue weighted by Crippen LogP contribution is -2.32. The smallest absolute Gasteiger partial charge is 0.239 e. The first-order chi connectivity index (χ1) is 11.6. The van der Waals surface area contributed by atoms with E-state index in [1.54, 1.807) is 13.1 Å². The number of fused-ring (bicyclic) bond motifs is 1. The summed E-state index contributed by atoms with van der Waals surface area (Å²) in [5.74, 6) is 0.745. The van der Waals surface area contributed by atoms with Gasteiger partial charge in [0.2, 0.25) is 10.0 Å². The molecule has 4 nitrogen and oxygen atoms in total. The molecule has 0 atom stereocenters. The number of allylic oxidation sites excluding steroid dienone is 1. The van der Waals surface area contributed by atoms with E-state index in [2.05, 4.69) is 0 Å². The molecule has 0 N–H and O–H groups in total. The second-order valence-corrected chi connectivity index (χ2v) is 7.90. The molecule has 5 heteroatoms. The number of nitrogens with zero attached hydrogens (tertiary/aromatic N) is 1. The summed E-state index contributed by atoms with van der Waals surface area (Å²) >= 11 is 0. The van der Waals surface area contributed by atoms with E-state index in [9.17, 15) is 8.42 Å². The molecule has 0 radical (unpaired) electrons. The first-order valence-corrected chi connectivity index (χ1v) is 9.44. The first-order valence-electron chi connectivity index (χ1n) is 8.00. The van der Waals surface area contributed by atoms with Gasteiger partial charge >= 0.3 is 0 Å². The van der Waals surface area contributed by atoms with Gasteiger partial charge in [-0.2, -0.15) is 4.31 Å². The Labute approximate surface area is 143 Å². The summed E-state index contributed by atoms with van der Waals surface area (Å²) in [4.78, 5) is 0.475. The van der Waals surface area contributed by atoms with E-state index >= 15 is 0 Å². The molecule has 0 saturated heterocycles. The second kappa shape index (κ2) is 7.20. The van der Waals surface area contributed by atoms with Crippen LogP contribution in [0.3, 0.4) is 0 Å². The topological polar surface area (TPSA) is 46.6 Å². The second-order valence-electron chi connectivity index (χ2n) is 5.80. The molecule has 0 aromatic heterocycles. The predicted octanol–water partition coefficient (Wildman–Crippen LogP) is 3.31. The minimum atomic E-state index is -3.44. The number of sulfonamides is 1. The largest absolute Gasteiger partial charge is 0.492 e. The van der Waals surface area contributed by atoms with E-state index in [0.717, 1.165) is 17.7 Å². The summed E-state index contributed by atoms with van der Waals surface area (Å²) < 4.78 is 32.4. The molecule has 0 unspecified atom stereocenters. The molecule has 1 aliphatic carbocycles. The highest BCUT2D eigenvalue weighted by molar-refractivity contribution is 7.93. The van der Waals surface area contributed by atoms with Crippen LogP contribution in [0.4, 0.5) is 0 Å². The Bertz CT molecular complexity index is 829. The fourth-order valence-electron chi connectivity index (χ4n) is 2.74. The summed E-state index contributed by atoms with van der Waals surface area (Å²) in [6.45, 7) is 0.639. The molecule has 0 bridgehead atoms. The molecule has 0 aliphatic heterocycles. The van der Waals surface area contributed by atoms with Crippen molar-refractivity contribution in [3.63, 3.8) is 0 Å². The quantitative estimate of drug-likeness (QED) is 0.808. The molecule has 0 spiro atoms. The molecule has 126 valence electrons. The minimum Gasteiger partial charge on any atom is -0.492 e. The van der Waals surface area contributed by atoms with Gasteiger partial charge in [0.1, 0.15) is 12.4 Å². The molecule has 2 aromatic carbocycles. The minimum absolute atomic E-state index is 0.316.